The molecule has 0 radical (unpaired) electrons. The highest BCUT2D eigenvalue weighted by molar-refractivity contribution is 9.10. The number of amides is 1. The summed E-state index contributed by atoms with van der Waals surface area (Å²) in [7, 11) is 0. The Morgan fingerprint density at radius 3 is 2.35 bits per heavy atom. The lowest BCUT2D eigenvalue weighted by molar-refractivity contribution is 0.0240. The Balaban J connectivity index is 2.15. The van der Waals surface area contributed by atoms with E-state index in [1.807, 2.05) is 51.1 Å². The lowest BCUT2D eigenvalue weighted by Gasteiger charge is -2.37. The first kappa shape index (κ1) is 19.8. The molecule has 1 heterocycles. The van der Waals surface area contributed by atoms with E-state index in [0.717, 1.165) is 15.7 Å². The van der Waals surface area contributed by atoms with Crippen LogP contribution in [0.5, 0.6) is 0 Å². The van der Waals surface area contributed by atoms with E-state index in [2.05, 4.69) is 20.8 Å². The van der Waals surface area contributed by atoms with Gasteiger partial charge in [-0.15, -0.1) is 0 Å². The van der Waals surface area contributed by atoms with E-state index in [9.17, 15) is 4.79 Å². The number of ether oxygens (including phenoxy) is 1. The molecule has 1 aromatic rings. The van der Waals surface area contributed by atoms with E-state index in [1.165, 1.54) is 0 Å². The van der Waals surface area contributed by atoms with Gasteiger partial charge < -0.3 is 14.5 Å². The van der Waals surface area contributed by atoms with E-state index in [4.69, 9.17) is 15.3 Å². The molecule has 136 valence electrons. The number of benzene rings is 1. The Bertz CT molecular complexity index is 775. The highest BCUT2D eigenvalue weighted by Gasteiger charge is 2.26. The Labute approximate surface area is 162 Å². The topological polar surface area (TPSA) is 80.4 Å². The van der Waals surface area contributed by atoms with Gasteiger partial charge in [0, 0.05) is 41.9 Å². The zero-order chi connectivity index (χ0) is 19.3. The van der Waals surface area contributed by atoms with Gasteiger partial charge in [-0.2, -0.15) is 10.5 Å². The molecule has 0 bridgehead atoms. The van der Waals surface area contributed by atoms with Crippen molar-refractivity contribution >= 4 is 33.8 Å². The van der Waals surface area contributed by atoms with Crippen molar-refractivity contribution in [2.75, 3.05) is 31.1 Å². The number of hydrogen-bond acceptors (Lipinski definition) is 5. The standard InChI is InChI=1S/C19H21BrN4O2/c1-19(2,3)26-18(25)24-8-6-23(7-9-24)17-5-4-16(20)11-15(17)10-14(12-21)13-22/h4-5,10-11H,6-9H2,1-3H3. The fraction of sp³-hybridized carbons (Fsp3) is 0.421. The maximum Gasteiger partial charge on any atom is 0.410 e. The second-order valence-electron chi connectivity index (χ2n) is 6.94. The largest absolute Gasteiger partial charge is 0.444 e. The normalized spacial score (nSPS) is 14.2. The van der Waals surface area contributed by atoms with Gasteiger partial charge in [0.15, 0.2) is 0 Å². The number of allylic oxidation sites excluding steroid dienone is 1. The Morgan fingerprint density at radius 1 is 1.19 bits per heavy atom. The third kappa shape index (κ3) is 5.24. The van der Waals surface area contributed by atoms with Gasteiger partial charge in [0.25, 0.3) is 0 Å². The summed E-state index contributed by atoms with van der Waals surface area (Å²) >= 11 is 3.43. The number of carbonyl (C=O) groups is 1. The Kier molecular flexibility index (Phi) is 6.28. The molecule has 0 saturated carbocycles. The van der Waals surface area contributed by atoms with Crippen LogP contribution >= 0.6 is 15.9 Å². The van der Waals surface area contributed by atoms with Crippen molar-refractivity contribution in [3.05, 3.63) is 33.8 Å². The highest BCUT2D eigenvalue weighted by Crippen LogP contribution is 2.28. The van der Waals surface area contributed by atoms with Crippen molar-refractivity contribution in [3.63, 3.8) is 0 Å². The number of halogens is 1. The van der Waals surface area contributed by atoms with Crippen LogP contribution in [0.1, 0.15) is 26.3 Å². The number of piperazine rings is 1. The van der Waals surface area contributed by atoms with E-state index < -0.39 is 5.60 Å². The first-order chi connectivity index (χ1) is 12.2. The number of rotatable bonds is 2. The Hall–Kier alpha value is -2.51. The summed E-state index contributed by atoms with van der Waals surface area (Å²) in [5.74, 6) is 0. The molecule has 2 rings (SSSR count). The van der Waals surface area contributed by atoms with Crippen molar-refractivity contribution in [1.82, 2.24) is 4.90 Å². The zero-order valence-electron chi connectivity index (χ0n) is 15.1. The van der Waals surface area contributed by atoms with Crippen LogP contribution < -0.4 is 4.90 Å². The van der Waals surface area contributed by atoms with Crippen LogP contribution in [-0.4, -0.2) is 42.8 Å². The summed E-state index contributed by atoms with van der Waals surface area (Å²) in [6.07, 6.45) is 1.28. The predicted octanol–water partition coefficient (Wildman–Crippen LogP) is 3.94. The smallest absolute Gasteiger partial charge is 0.410 e. The van der Waals surface area contributed by atoms with Gasteiger partial charge in [0.05, 0.1) is 0 Å². The molecule has 1 aliphatic rings. The first-order valence-corrected chi connectivity index (χ1v) is 9.07. The summed E-state index contributed by atoms with van der Waals surface area (Å²) in [6, 6.07) is 9.53. The molecule has 7 heteroatoms. The van der Waals surface area contributed by atoms with E-state index in [0.29, 0.717) is 26.2 Å². The number of nitrogens with zero attached hydrogens (tertiary/aromatic N) is 4. The molecule has 0 unspecified atom stereocenters. The van der Waals surface area contributed by atoms with Gasteiger partial charge in [-0.3, -0.25) is 0 Å². The number of nitriles is 2. The molecule has 0 aromatic heterocycles. The van der Waals surface area contributed by atoms with Crippen molar-refractivity contribution < 1.29 is 9.53 Å². The number of hydrogen-bond donors (Lipinski definition) is 0. The minimum atomic E-state index is -0.511. The van der Waals surface area contributed by atoms with Gasteiger partial charge in [-0.05, 0) is 45.0 Å². The van der Waals surface area contributed by atoms with Gasteiger partial charge in [0.1, 0.15) is 23.3 Å². The summed E-state index contributed by atoms with van der Waals surface area (Å²) in [4.78, 5) is 16.0. The lowest BCUT2D eigenvalue weighted by Crippen LogP contribution is -2.50. The third-order valence-electron chi connectivity index (χ3n) is 3.80. The molecule has 26 heavy (non-hydrogen) atoms. The average Bonchev–Trinajstić information content (AvgIpc) is 2.58. The minimum absolute atomic E-state index is 0.0525. The van der Waals surface area contributed by atoms with Crippen LogP contribution in [0, 0.1) is 22.7 Å². The van der Waals surface area contributed by atoms with Crippen molar-refractivity contribution in [1.29, 1.82) is 10.5 Å². The van der Waals surface area contributed by atoms with Crippen LogP contribution in [0.4, 0.5) is 10.5 Å². The van der Waals surface area contributed by atoms with Crippen LogP contribution in [0.2, 0.25) is 0 Å². The zero-order valence-corrected chi connectivity index (χ0v) is 16.7. The second kappa shape index (κ2) is 8.25. The molecular weight excluding hydrogens is 396 g/mol. The number of carbonyl (C=O) groups excluding carboxylic acids is 1. The van der Waals surface area contributed by atoms with Gasteiger partial charge >= 0.3 is 6.09 Å². The molecule has 0 N–H and O–H groups in total. The third-order valence-corrected chi connectivity index (χ3v) is 4.30. The van der Waals surface area contributed by atoms with Gasteiger partial charge in [-0.25, -0.2) is 4.79 Å². The summed E-state index contributed by atoms with van der Waals surface area (Å²) < 4.78 is 6.29. The fourth-order valence-corrected chi connectivity index (χ4v) is 3.01. The monoisotopic (exact) mass is 416 g/mol. The first-order valence-electron chi connectivity index (χ1n) is 8.28. The molecule has 1 aromatic carbocycles. The molecule has 1 saturated heterocycles. The lowest BCUT2D eigenvalue weighted by atomic mass is 10.1. The molecule has 1 amide bonds. The quantitative estimate of drug-likeness (QED) is 0.681. The summed E-state index contributed by atoms with van der Waals surface area (Å²) in [5, 5.41) is 18.0. The van der Waals surface area contributed by atoms with Crippen LogP contribution in [0.3, 0.4) is 0 Å². The summed E-state index contributed by atoms with van der Waals surface area (Å²) in [6.45, 7) is 7.96. The SMILES string of the molecule is CC(C)(C)OC(=O)N1CCN(c2ccc(Br)cc2C=C(C#N)C#N)CC1. The van der Waals surface area contributed by atoms with Crippen molar-refractivity contribution in [2.45, 2.75) is 26.4 Å². The number of anilines is 1. The van der Waals surface area contributed by atoms with E-state index >= 15 is 0 Å². The second-order valence-corrected chi connectivity index (χ2v) is 7.85. The molecule has 1 fully saturated rings. The van der Waals surface area contributed by atoms with Crippen LogP contribution in [0.15, 0.2) is 28.2 Å². The van der Waals surface area contributed by atoms with Crippen LogP contribution in [0.25, 0.3) is 6.08 Å². The van der Waals surface area contributed by atoms with E-state index in [1.54, 1.807) is 11.0 Å². The predicted molar refractivity (Wildman–Crippen MR) is 103 cm³/mol. The molecule has 6 nitrogen and oxygen atoms in total. The van der Waals surface area contributed by atoms with Crippen molar-refractivity contribution in [2.24, 2.45) is 0 Å². The molecular formula is C19H21BrN4O2. The molecule has 0 aliphatic carbocycles. The maximum atomic E-state index is 12.2. The maximum absolute atomic E-state index is 12.2. The molecule has 0 atom stereocenters. The van der Waals surface area contributed by atoms with Gasteiger partial charge in [-0.1, -0.05) is 15.9 Å². The average molecular weight is 417 g/mol. The fourth-order valence-electron chi connectivity index (χ4n) is 2.63. The molecule has 1 aliphatic heterocycles. The highest BCUT2D eigenvalue weighted by atomic mass is 79.9. The summed E-state index contributed by atoms with van der Waals surface area (Å²) in [5.41, 5.74) is 1.27. The van der Waals surface area contributed by atoms with Crippen LogP contribution in [-0.2, 0) is 4.74 Å². The molecule has 0 spiro atoms. The minimum Gasteiger partial charge on any atom is -0.444 e. The Morgan fingerprint density at radius 2 is 1.81 bits per heavy atom. The van der Waals surface area contributed by atoms with Crippen molar-refractivity contribution in [3.8, 4) is 12.1 Å². The van der Waals surface area contributed by atoms with Gasteiger partial charge in [0.2, 0.25) is 0 Å². The van der Waals surface area contributed by atoms with E-state index in [-0.39, 0.29) is 11.7 Å².